The van der Waals surface area contributed by atoms with Crippen molar-refractivity contribution in [2.75, 3.05) is 39.3 Å². The van der Waals surface area contributed by atoms with Crippen LogP contribution < -0.4 is 5.73 Å². The fourth-order valence-corrected chi connectivity index (χ4v) is 2.62. The summed E-state index contributed by atoms with van der Waals surface area (Å²) in [6, 6.07) is 0. The molecule has 0 radical (unpaired) electrons. The average molecular weight is 255 g/mol. The lowest BCUT2D eigenvalue weighted by Gasteiger charge is -2.37. The minimum Gasteiger partial charge on any atom is -0.340 e. The van der Waals surface area contributed by atoms with E-state index in [0.29, 0.717) is 12.5 Å². The zero-order valence-corrected chi connectivity index (χ0v) is 12.2. The van der Waals surface area contributed by atoms with Gasteiger partial charge < -0.3 is 10.6 Å². The Bertz CT molecular complexity index is 247. The van der Waals surface area contributed by atoms with Crippen LogP contribution in [0.15, 0.2) is 0 Å². The number of hydrogen-bond acceptors (Lipinski definition) is 3. The van der Waals surface area contributed by atoms with Gasteiger partial charge in [-0.05, 0) is 12.3 Å². The van der Waals surface area contributed by atoms with Crippen LogP contribution in [0.3, 0.4) is 0 Å². The molecular weight excluding hydrogens is 226 g/mol. The lowest BCUT2D eigenvalue weighted by atomic mass is 10.0. The van der Waals surface area contributed by atoms with E-state index in [1.165, 1.54) is 0 Å². The highest BCUT2D eigenvalue weighted by Crippen LogP contribution is 2.12. The molecule has 4 nitrogen and oxygen atoms in total. The molecule has 0 bridgehead atoms. The fourth-order valence-electron chi connectivity index (χ4n) is 2.62. The molecule has 0 aromatic heterocycles. The van der Waals surface area contributed by atoms with Crippen LogP contribution in [0.2, 0.25) is 0 Å². The molecule has 1 amide bonds. The predicted octanol–water partition coefficient (Wildman–Crippen LogP) is 1.16. The first-order valence-electron chi connectivity index (χ1n) is 7.29. The van der Waals surface area contributed by atoms with Crippen LogP contribution >= 0.6 is 0 Å². The van der Waals surface area contributed by atoms with E-state index >= 15 is 0 Å². The Kier molecular flexibility index (Phi) is 6.65. The van der Waals surface area contributed by atoms with Gasteiger partial charge in [0.05, 0.1) is 5.92 Å². The summed E-state index contributed by atoms with van der Waals surface area (Å²) in [6.45, 7) is 12.0. The minimum atomic E-state index is 0.0339. The van der Waals surface area contributed by atoms with Crippen LogP contribution in [0.25, 0.3) is 0 Å². The molecular formula is C14H29N3O. The largest absolute Gasteiger partial charge is 0.340 e. The maximum absolute atomic E-state index is 12.3. The Balaban J connectivity index is 2.39. The van der Waals surface area contributed by atoms with Gasteiger partial charge in [-0.15, -0.1) is 0 Å². The second kappa shape index (κ2) is 7.74. The molecule has 18 heavy (non-hydrogen) atoms. The summed E-state index contributed by atoms with van der Waals surface area (Å²) in [5.41, 5.74) is 5.70. The molecule has 0 aromatic rings. The summed E-state index contributed by atoms with van der Waals surface area (Å²) >= 11 is 0. The fraction of sp³-hybridized carbons (Fsp3) is 0.929. The molecule has 0 spiro atoms. The normalized spacial score (nSPS) is 19.3. The molecule has 1 rings (SSSR count). The van der Waals surface area contributed by atoms with E-state index in [1.54, 1.807) is 0 Å². The lowest BCUT2D eigenvalue weighted by molar-refractivity contribution is -0.137. The smallest absolute Gasteiger partial charge is 0.227 e. The average Bonchev–Trinajstić information content (AvgIpc) is 2.35. The van der Waals surface area contributed by atoms with Crippen molar-refractivity contribution in [2.45, 2.75) is 33.6 Å². The molecule has 1 heterocycles. The number of rotatable bonds is 6. The second-order valence-corrected chi connectivity index (χ2v) is 5.74. The van der Waals surface area contributed by atoms with Crippen molar-refractivity contribution in [3.8, 4) is 0 Å². The summed E-state index contributed by atoms with van der Waals surface area (Å²) < 4.78 is 0. The molecule has 4 heteroatoms. The highest BCUT2D eigenvalue weighted by molar-refractivity contribution is 5.79. The molecule has 0 aromatic carbocycles. The van der Waals surface area contributed by atoms with Crippen molar-refractivity contribution in [1.29, 1.82) is 0 Å². The Morgan fingerprint density at radius 2 is 1.83 bits per heavy atom. The molecule has 1 aliphatic rings. The quantitative estimate of drug-likeness (QED) is 0.775. The van der Waals surface area contributed by atoms with Gasteiger partial charge in [-0.2, -0.15) is 0 Å². The third-order valence-corrected chi connectivity index (χ3v) is 3.58. The number of piperazine rings is 1. The molecule has 1 saturated heterocycles. The van der Waals surface area contributed by atoms with Gasteiger partial charge in [-0.1, -0.05) is 27.2 Å². The Hall–Kier alpha value is -0.610. The van der Waals surface area contributed by atoms with E-state index in [1.807, 2.05) is 4.90 Å². The van der Waals surface area contributed by atoms with Gasteiger partial charge in [0.25, 0.3) is 0 Å². The van der Waals surface area contributed by atoms with Gasteiger partial charge in [-0.3, -0.25) is 9.69 Å². The van der Waals surface area contributed by atoms with Crippen molar-refractivity contribution in [1.82, 2.24) is 9.80 Å². The third kappa shape index (κ3) is 4.58. The standard InChI is InChI=1S/C14H29N3O/c1-4-5-13(10-15)14(18)17-8-6-16(7-9-17)11-12(2)3/h12-13H,4-11,15H2,1-3H3. The summed E-state index contributed by atoms with van der Waals surface area (Å²) in [4.78, 5) is 16.7. The van der Waals surface area contributed by atoms with Crippen LogP contribution in [-0.2, 0) is 4.79 Å². The van der Waals surface area contributed by atoms with Crippen molar-refractivity contribution in [3.63, 3.8) is 0 Å². The highest BCUT2D eigenvalue weighted by Gasteiger charge is 2.26. The Morgan fingerprint density at radius 1 is 1.22 bits per heavy atom. The van der Waals surface area contributed by atoms with E-state index in [0.717, 1.165) is 45.6 Å². The van der Waals surface area contributed by atoms with Crippen LogP contribution in [0.4, 0.5) is 0 Å². The number of carbonyl (C=O) groups is 1. The first-order valence-corrected chi connectivity index (χ1v) is 7.29. The van der Waals surface area contributed by atoms with Gasteiger partial charge in [0.2, 0.25) is 5.91 Å². The maximum atomic E-state index is 12.3. The van der Waals surface area contributed by atoms with Gasteiger partial charge in [0, 0.05) is 39.3 Å². The summed E-state index contributed by atoms with van der Waals surface area (Å²) in [6.07, 6.45) is 1.95. The Morgan fingerprint density at radius 3 is 2.28 bits per heavy atom. The molecule has 1 fully saturated rings. The zero-order valence-electron chi connectivity index (χ0n) is 12.2. The summed E-state index contributed by atoms with van der Waals surface area (Å²) in [5, 5.41) is 0. The SMILES string of the molecule is CCCC(CN)C(=O)N1CCN(CC(C)C)CC1. The number of carbonyl (C=O) groups excluding carboxylic acids is 1. The van der Waals surface area contributed by atoms with Crippen molar-refractivity contribution >= 4 is 5.91 Å². The summed E-state index contributed by atoms with van der Waals surface area (Å²) in [7, 11) is 0. The van der Waals surface area contributed by atoms with Crippen LogP contribution in [0.5, 0.6) is 0 Å². The zero-order chi connectivity index (χ0) is 13.5. The number of nitrogens with zero attached hydrogens (tertiary/aromatic N) is 2. The van der Waals surface area contributed by atoms with Gasteiger partial charge in [-0.25, -0.2) is 0 Å². The third-order valence-electron chi connectivity index (χ3n) is 3.58. The van der Waals surface area contributed by atoms with E-state index in [4.69, 9.17) is 5.73 Å². The van der Waals surface area contributed by atoms with Gasteiger partial charge in [0.1, 0.15) is 0 Å². The second-order valence-electron chi connectivity index (χ2n) is 5.74. The van der Waals surface area contributed by atoms with Crippen LogP contribution in [0.1, 0.15) is 33.6 Å². The molecule has 2 N–H and O–H groups in total. The van der Waals surface area contributed by atoms with E-state index in [9.17, 15) is 4.79 Å². The minimum absolute atomic E-state index is 0.0339. The monoisotopic (exact) mass is 255 g/mol. The number of nitrogens with two attached hydrogens (primary N) is 1. The van der Waals surface area contributed by atoms with Gasteiger partial charge >= 0.3 is 0 Å². The molecule has 0 aliphatic carbocycles. The van der Waals surface area contributed by atoms with E-state index in [2.05, 4.69) is 25.7 Å². The highest BCUT2D eigenvalue weighted by atomic mass is 16.2. The molecule has 1 unspecified atom stereocenters. The van der Waals surface area contributed by atoms with Crippen molar-refractivity contribution in [2.24, 2.45) is 17.6 Å². The van der Waals surface area contributed by atoms with Gasteiger partial charge in [0.15, 0.2) is 0 Å². The molecule has 1 aliphatic heterocycles. The number of hydrogen-bond donors (Lipinski definition) is 1. The summed E-state index contributed by atoms with van der Waals surface area (Å²) in [5.74, 6) is 0.999. The Labute approximate surface area is 111 Å². The maximum Gasteiger partial charge on any atom is 0.227 e. The van der Waals surface area contributed by atoms with Crippen LogP contribution in [0, 0.1) is 11.8 Å². The van der Waals surface area contributed by atoms with E-state index < -0.39 is 0 Å². The predicted molar refractivity (Wildman–Crippen MR) is 75.3 cm³/mol. The van der Waals surface area contributed by atoms with E-state index in [-0.39, 0.29) is 11.8 Å². The molecule has 106 valence electrons. The lowest BCUT2D eigenvalue weighted by Crippen LogP contribution is -2.51. The topological polar surface area (TPSA) is 49.6 Å². The molecule has 0 saturated carbocycles. The first-order chi connectivity index (χ1) is 8.58. The first kappa shape index (κ1) is 15.4. The van der Waals surface area contributed by atoms with Crippen LogP contribution in [-0.4, -0.2) is 55.0 Å². The van der Waals surface area contributed by atoms with Crippen molar-refractivity contribution < 1.29 is 4.79 Å². The van der Waals surface area contributed by atoms with Crippen molar-refractivity contribution in [3.05, 3.63) is 0 Å². The molecule has 1 atom stereocenters. The number of amides is 1.